The molecule has 2 aliphatic carbocycles. The number of rotatable bonds is 10. The predicted molar refractivity (Wildman–Crippen MR) is 246 cm³/mol. The van der Waals surface area contributed by atoms with E-state index in [1.165, 1.54) is 60.0 Å². The molecule has 0 N–H and O–H groups in total. The van der Waals surface area contributed by atoms with Gasteiger partial charge in [-0.15, -0.1) is 0 Å². The summed E-state index contributed by atoms with van der Waals surface area (Å²) < 4.78 is 56.9. The third kappa shape index (κ3) is 8.77. The first-order valence-corrected chi connectivity index (χ1v) is 24.1. The Bertz CT molecular complexity index is 2510. The summed E-state index contributed by atoms with van der Waals surface area (Å²) in [7, 11) is 0. The van der Waals surface area contributed by atoms with Crippen molar-refractivity contribution >= 4 is 45.4 Å². The molecule has 4 heterocycles. The van der Waals surface area contributed by atoms with E-state index in [2.05, 4.69) is 38.7 Å². The van der Waals surface area contributed by atoms with Crippen LogP contribution in [-0.4, -0.2) is 74.4 Å². The van der Waals surface area contributed by atoms with Crippen LogP contribution in [0.4, 0.5) is 17.6 Å². The second-order valence-corrected chi connectivity index (χ2v) is 19.9. The molecule has 0 bridgehead atoms. The molecule has 0 radical (unpaired) electrons. The molecule has 334 valence electrons. The van der Waals surface area contributed by atoms with E-state index in [4.69, 9.17) is 0 Å². The van der Waals surface area contributed by atoms with Gasteiger partial charge in [-0.1, -0.05) is 85.1 Å². The van der Waals surface area contributed by atoms with Crippen molar-refractivity contribution in [3.8, 4) is 0 Å². The molecule has 2 unspecified atom stereocenters. The molecule has 4 aliphatic heterocycles. The fourth-order valence-corrected chi connectivity index (χ4v) is 12.8. The molecule has 2 spiro atoms. The number of hydrogen-bond acceptors (Lipinski definition) is 8. The molecule has 2 atom stereocenters. The minimum absolute atomic E-state index is 0.0574. The van der Waals surface area contributed by atoms with E-state index in [9.17, 15) is 27.2 Å². The molecule has 8 nitrogen and oxygen atoms in total. The van der Waals surface area contributed by atoms with Gasteiger partial charge in [0.25, 0.3) is 0 Å². The first kappa shape index (κ1) is 44.3. The normalized spacial score (nSPS) is 22.5. The summed E-state index contributed by atoms with van der Waals surface area (Å²) in [5.74, 6) is -2.26. The van der Waals surface area contributed by atoms with Gasteiger partial charge in [-0.05, 0) is 142 Å². The fourth-order valence-electron chi connectivity index (χ4n) is 9.94. The topological polar surface area (TPSA) is 71.8 Å². The van der Waals surface area contributed by atoms with Crippen LogP contribution in [0.15, 0.2) is 107 Å². The van der Waals surface area contributed by atoms with Crippen molar-refractivity contribution in [3.63, 3.8) is 0 Å². The number of allylic oxidation sites excluding steroid dienone is 1. The average molecular weight is 909 g/mol. The summed E-state index contributed by atoms with van der Waals surface area (Å²) in [6, 6.07) is 22.8. The lowest BCUT2D eigenvalue weighted by Crippen LogP contribution is -2.40. The molecule has 0 saturated carbocycles. The van der Waals surface area contributed by atoms with Gasteiger partial charge in [0.2, 0.25) is 11.8 Å². The number of amides is 2. The summed E-state index contributed by atoms with van der Waals surface area (Å²) in [5.41, 5.74) is 5.78. The monoisotopic (exact) mass is 908 g/mol. The van der Waals surface area contributed by atoms with Crippen molar-refractivity contribution < 1.29 is 27.2 Å². The van der Waals surface area contributed by atoms with Gasteiger partial charge in [0.05, 0.1) is 0 Å². The summed E-state index contributed by atoms with van der Waals surface area (Å²) in [5, 5.41) is 13.0. The third-order valence-corrected chi connectivity index (χ3v) is 16.1. The van der Waals surface area contributed by atoms with E-state index in [-0.39, 0.29) is 22.9 Å². The molecule has 10 rings (SSSR count). The lowest BCUT2D eigenvalue weighted by Gasteiger charge is -2.33. The maximum atomic E-state index is 14.6. The highest BCUT2D eigenvalue weighted by molar-refractivity contribution is 8.15. The van der Waals surface area contributed by atoms with E-state index in [1.807, 2.05) is 36.4 Å². The van der Waals surface area contributed by atoms with E-state index < -0.39 is 33.0 Å². The first-order chi connectivity index (χ1) is 31.0. The summed E-state index contributed by atoms with van der Waals surface area (Å²) >= 11 is 2.73. The Balaban J connectivity index is 0.000000162. The van der Waals surface area contributed by atoms with Gasteiger partial charge in [0.1, 0.15) is 43.1 Å². The minimum Gasteiger partial charge on any atom is -0.375 e. The van der Waals surface area contributed by atoms with Gasteiger partial charge in [-0.25, -0.2) is 27.6 Å². The predicted octanol–water partition coefficient (Wildman–Crippen LogP) is 10.7. The number of fused-ring (bicyclic) bond motifs is 4. The lowest BCUT2D eigenvalue weighted by molar-refractivity contribution is -0.135. The molecule has 6 aliphatic rings. The quantitative estimate of drug-likeness (QED) is 0.148. The zero-order valence-corrected chi connectivity index (χ0v) is 37.5. The van der Waals surface area contributed by atoms with E-state index >= 15 is 0 Å². The van der Waals surface area contributed by atoms with E-state index in [0.29, 0.717) is 42.2 Å². The maximum absolute atomic E-state index is 14.6. The zero-order valence-electron chi connectivity index (χ0n) is 35.8. The van der Waals surface area contributed by atoms with Gasteiger partial charge < -0.3 is 9.80 Å². The van der Waals surface area contributed by atoms with Crippen molar-refractivity contribution in [1.82, 2.24) is 19.8 Å². The first-order valence-electron chi connectivity index (χ1n) is 22.5. The number of likely N-dealkylation sites (tertiary alicyclic amines) is 2. The molecule has 0 aromatic heterocycles. The Morgan fingerprint density at radius 1 is 0.609 bits per heavy atom. The van der Waals surface area contributed by atoms with E-state index in [0.717, 1.165) is 112 Å². The smallest absolute Gasteiger partial charge is 0.244 e. The number of halogens is 4. The third-order valence-electron chi connectivity index (χ3n) is 13.2. The van der Waals surface area contributed by atoms with E-state index in [1.54, 1.807) is 10.0 Å². The Morgan fingerprint density at radius 3 is 1.61 bits per heavy atom. The summed E-state index contributed by atoms with van der Waals surface area (Å²) in [6.45, 7) is 8.99. The number of piperidine rings is 1. The van der Waals surface area contributed by atoms with Crippen LogP contribution in [-0.2, 0) is 32.2 Å². The number of carbonyl (C=O) groups is 2. The second kappa shape index (κ2) is 18.9. The SMILES string of the molecule is C=C1CCCN1CCCC(=O)N1N=C(c2cc(F)ccc2F)SC12CCc1ccccc12.O=C(CCCN1CCCCC1)N1N=C(c2cc(F)ccc2F)SC12CCc1ccccc12. The van der Waals surface area contributed by atoms with Crippen LogP contribution in [0.25, 0.3) is 0 Å². The number of nitrogens with zero attached hydrogens (tertiary/aromatic N) is 6. The number of benzene rings is 4. The minimum atomic E-state index is -0.709. The highest BCUT2D eigenvalue weighted by atomic mass is 32.2. The lowest BCUT2D eigenvalue weighted by atomic mass is 10.1. The summed E-state index contributed by atoms with van der Waals surface area (Å²) in [4.78, 5) is 30.1. The number of hydrogen-bond donors (Lipinski definition) is 0. The van der Waals surface area contributed by atoms with Crippen LogP contribution < -0.4 is 0 Å². The number of thioether (sulfide) groups is 2. The Morgan fingerprint density at radius 2 is 1.11 bits per heavy atom. The Kier molecular flexibility index (Phi) is 13.1. The zero-order chi connectivity index (χ0) is 44.4. The Hall–Kier alpha value is -4.92. The van der Waals surface area contributed by atoms with Gasteiger partial charge in [0.15, 0.2) is 0 Å². The van der Waals surface area contributed by atoms with Crippen molar-refractivity contribution in [2.45, 2.75) is 93.2 Å². The van der Waals surface area contributed by atoms with Crippen molar-refractivity contribution in [1.29, 1.82) is 0 Å². The van der Waals surface area contributed by atoms with Crippen LogP contribution in [0.2, 0.25) is 0 Å². The second-order valence-electron chi connectivity index (χ2n) is 17.3. The summed E-state index contributed by atoms with van der Waals surface area (Å²) in [6.07, 6.45) is 11.1. The van der Waals surface area contributed by atoms with Gasteiger partial charge >= 0.3 is 0 Å². The van der Waals surface area contributed by atoms with Crippen molar-refractivity contribution in [3.05, 3.63) is 154 Å². The number of carbonyl (C=O) groups excluding carboxylic acids is 2. The largest absolute Gasteiger partial charge is 0.375 e. The molecule has 2 fully saturated rings. The highest BCUT2D eigenvalue weighted by Crippen LogP contribution is 2.56. The number of hydrazone groups is 2. The van der Waals surface area contributed by atoms with Crippen LogP contribution in [0.5, 0.6) is 0 Å². The molecule has 14 heteroatoms. The average Bonchev–Trinajstić information content (AvgIpc) is 4.15. The fraction of sp³-hybridized carbons (Fsp3) is 0.400. The van der Waals surface area contributed by atoms with Crippen LogP contribution >= 0.6 is 23.5 Å². The maximum Gasteiger partial charge on any atom is 0.244 e. The van der Waals surface area contributed by atoms with Crippen LogP contribution in [0, 0.1) is 23.3 Å². The highest BCUT2D eigenvalue weighted by Gasteiger charge is 2.53. The van der Waals surface area contributed by atoms with Gasteiger partial charge in [0, 0.05) is 42.8 Å². The van der Waals surface area contributed by atoms with Gasteiger partial charge in [-0.3, -0.25) is 9.59 Å². The van der Waals surface area contributed by atoms with Gasteiger partial charge in [-0.2, -0.15) is 10.2 Å². The van der Waals surface area contributed by atoms with Crippen molar-refractivity contribution in [2.24, 2.45) is 10.2 Å². The molecule has 64 heavy (non-hydrogen) atoms. The van der Waals surface area contributed by atoms with Crippen molar-refractivity contribution in [2.75, 3.05) is 32.7 Å². The molecular weight excluding hydrogens is 857 g/mol. The molecule has 2 saturated heterocycles. The Labute approximate surface area is 380 Å². The van der Waals surface area contributed by atoms with Crippen LogP contribution in [0.3, 0.4) is 0 Å². The molecule has 4 aromatic carbocycles. The number of aryl methyl sites for hydroxylation is 2. The van der Waals surface area contributed by atoms with Crippen LogP contribution in [0.1, 0.15) is 104 Å². The standard InChI is InChI=1S/C25H25F2N3OS.C25H27F2N3OS/c1-17-6-4-14-29(17)15-5-9-23(31)30-25(13-12-18-7-2-3-8-21(18)25)32-24(28-30)20-16-19(26)10-11-22(20)27;26-19-10-11-22(27)20(17-19)24-28-30(23(31)9-6-16-29-14-4-1-5-15-29)25(32-24)13-12-18-7-2-3-8-21(18)25/h2-3,7-8,10-11,16H,1,4-6,9,12-15H2;2-3,7-8,10-11,17H,1,4-6,9,12-16H2. The molecular formula is C50H52F4N6O2S2. The molecule has 4 aromatic rings. The molecule has 2 amide bonds.